The van der Waals surface area contributed by atoms with Gasteiger partial charge in [-0.15, -0.1) is 11.8 Å². The fourth-order valence-electron chi connectivity index (χ4n) is 2.70. The van der Waals surface area contributed by atoms with Gasteiger partial charge in [0, 0.05) is 16.7 Å². The molecule has 0 amide bonds. The number of H-pyrrole nitrogens is 1. The zero-order chi connectivity index (χ0) is 16.5. The molecule has 1 aliphatic heterocycles. The molecule has 0 aromatic carbocycles. The second-order valence-electron chi connectivity index (χ2n) is 5.60. The molecule has 2 aliphatic rings. The molecule has 124 valence electrons. The van der Waals surface area contributed by atoms with E-state index in [4.69, 9.17) is 0 Å². The van der Waals surface area contributed by atoms with Crippen molar-refractivity contribution < 1.29 is 4.39 Å². The summed E-state index contributed by atoms with van der Waals surface area (Å²) in [6.07, 6.45) is 7.99. The molecule has 0 spiro atoms. The van der Waals surface area contributed by atoms with Crippen LogP contribution in [0.3, 0.4) is 0 Å². The quantitative estimate of drug-likeness (QED) is 0.891. The number of rotatable bonds is 4. The Kier molecular flexibility index (Phi) is 3.97. The van der Waals surface area contributed by atoms with Crippen LogP contribution in [0.2, 0.25) is 0 Å². The topological polar surface area (TPSA) is 75.1 Å². The monoisotopic (exact) mass is 345 g/mol. The van der Waals surface area contributed by atoms with Crippen LogP contribution in [-0.4, -0.2) is 25.3 Å². The van der Waals surface area contributed by atoms with Gasteiger partial charge in [0.25, 0.3) is 11.3 Å². The third-order valence-corrected chi connectivity index (χ3v) is 4.99. The van der Waals surface area contributed by atoms with Crippen molar-refractivity contribution in [3.63, 3.8) is 0 Å². The Labute approximate surface area is 141 Å². The zero-order valence-electron chi connectivity index (χ0n) is 12.9. The highest BCUT2D eigenvalue weighted by Crippen LogP contribution is 2.31. The Hall–Kier alpha value is -2.35. The second kappa shape index (κ2) is 6.27. The molecule has 4 rings (SSSR count). The molecule has 0 saturated heterocycles. The average molecular weight is 345 g/mol. The summed E-state index contributed by atoms with van der Waals surface area (Å²) in [6.45, 7) is 0.276. The van der Waals surface area contributed by atoms with Crippen molar-refractivity contribution in [1.82, 2.24) is 24.9 Å². The van der Waals surface area contributed by atoms with Gasteiger partial charge >= 0.3 is 0 Å². The van der Waals surface area contributed by atoms with Crippen LogP contribution >= 0.6 is 11.8 Å². The molecule has 0 saturated carbocycles. The maximum absolute atomic E-state index is 13.7. The number of fused-ring (bicyclic) bond motifs is 1. The molecule has 6 nitrogen and oxygen atoms in total. The zero-order valence-corrected chi connectivity index (χ0v) is 13.7. The molecule has 0 bridgehead atoms. The van der Waals surface area contributed by atoms with Crippen LogP contribution in [-0.2, 0) is 6.54 Å². The Balaban J connectivity index is 1.59. The van der Waals surface area contributed by atoms with Crippen LogP contribution < -0.4 is 10.9 Å². The Bertz CT molecular complexity index is 940. The van der Waals surface area contributed by atoms with Gasteiger partial charge in [0.1, 0.15) is 5.83 Å². The molecule has 2 aromatic rings. The van der Waals surface area contributed by atoms with Crippen LogP contribution in [0, 0.1) is 0 Å². The maximum atomic E-state index is 13.7. The van der Waals surface area contributed by atoms with Crippen LogP contribution in [0.5, 0.6) is 0 Å². The van der Waals surface area contributed by atoms with Crippen molar-refractivity contribution in [1.29, 1.82) is 0 Å². The van der Waals surface area contributed by atoms with Gasteiger partial charge in [-0.05, 0) is 25.3 Å². The molecule has 3 heterocycles. The number of nitrogens with one attached hydrogen (secondary N) is 2. The molecular formula is C16H16FN5OS. The average Bonchev–Trinajstić information content (AvgIpc) is 3.23. The molecule has 0 fully saturated rings. The molecule has 0 atom stereocenters. The summed E-state index contributed by atoms with van der Waals surface area (Å²) in [7, 11) is 0. The highest BCUT2D eigenvalue weighted by molar-refractivity contribution is 8.08. The number of aromatic amines is 1. The summed E-state index contributed by atoms with van der Waals surface area (Å²) >= 11 is 1.71. The van der Waals surface area contributed by atoms with Crippen molar-refractivity contribution in [2.45, 2.75) is 25.8 Å². The first-order valence-electron chi connectivity index (χ1n) is 7.83. The summed E-state index contributed by atoms with van der Waals surface area (Å²) in [5.41, 5.74) is 0.761. The molecule has 0 unspecified atom stereocenters. The van der Waals surface area contributed by atoms with Crippen LogP contribution in [0.15, 0.2) is 40.6 Å². The van der Waals surface area contributed by atoms with E-state index in [0.29, 0.717) is 29.4 Å². The first kappa shape index (κ1) is 15.2. The van der Waals surface area contributed by atoms with Crippen molar-refractivity contribution in [2.24, 2.45) is 0 Å². The van der Waals surface area contributed by atoms with Gasteiger partial charge in [-0.3, -0.25) is 9.89 Å². The standard InChI is InChI=1S/C16H16FN5OS/c17-11-4-1-2-5-12(11)18-9-10-8-14(23)22-16(19-10)20-15(21-22)13-6-3-7-24-13/h4-6,8,18H,1-3,7,9H2,(H,19,20,21). The van der Waals surface area contributed by atoms with Crippen LogP contribution in [0.4, 0.5) is 4.39 Å². The molecule has 2 aromatic heterocycles. The SMILES string of the molecule is O=c1cc(CNC2=CCCC=C2F)nc2nc(C3=CCCS3)[nH]n12. The lowest BCUT2D eigenvalue weighted by atomic mass is 10.1. The summed E-state index contributed by atoms with van der Waals surface area (Å²) < 4.78 is 15.0. The summed E-state index contributed by atoms with van der Waals surface area (Å²) in [6, 6.07) is 1.43. The largest absolute Gasteiger partial charge is 0.377 e. The first-order valence-corrected chi connectivity index (χ1v) is 8.81. The van der Waals surface area contributed by atoms with Crippen LogP contribution in [0.25, 0.3) is 10.7 Å². The van der Waals surface area contributed by atoms with Gasteiger partial charge in [0.05, 0.1) is 17.9 Å². The molecule has 0 radical (unpaired) electrons. The van der Waals surface area contributed by atoms with E-state index in [9.17, 15) is 9.18 Å². The van der Waals surface area contributed by atoms with E-state index < -0.39 is 0 Å². The van der Waals surface area contributed by atoms with Gasteiger partial charge in [-0.25, -0.2) is 9.37 Å². The Morgan fingerprint density at radius 1 is 1.25 bits per heavy atom. The smallest absolute Gasteiger partial charge is 0.274 e. The summed E-state index contributed by atoms with van der Waals surface area (Å²) in [5.74, 6) is 1.76. The normalized spacial score (nSPS) is 17.6. The minimum absolute atomic E-state index is 0.229. The molecule has 8 heteroatoms. The Morgan fingerprint density at radius 3 is 2.92 bits per heavy atom. The van der Waals surface area contributed by atoms with Crippen molar-refractivity contribution in [3.8, 4) is 0 Å². The third kappa shape index (κ3) is 2.89. The number of hydrogen-bond donors (Lipinski definition) is 2. The number of hydrogen-bond acceptors (Lipinski definition) is 5. The van der Waals surface area contributed by atoms with E-state index in [-0.39, 0.29) is 17.9 Å². The highest BCUT2D eigenvalue weighted by atomic mass is 32.2. The van der Waals surface area contributed by atoms with Gasteiger partial charge in [0.15, 0.2) is 5.82 Å². The number of halogens is 1. The maximum Gasteiger partial charge on any atom is 0.274 e. The molecular weight excluding hydrogens is 329 g/mol. The Morgan fingerprint density at radius 2 is 2.12 bits per heavy atom. The summed E-state index contributed by atoms with van der Waals surface area (Å²) in [5, 5.41) is 5.98. The van der Waals surface area contributed by atoms with Crippen molar-refractivity contribution in [3.05, 3.63) is 57.7 Å². The molecule has 24 heavy (non-hydrogen) atoms. The van der Waals surface area contributed by atoms with E-state index in [2.05, 4.69) is 26.5 Å². The van der Waals surface area contributed by atoms with Gasteiger partial charge < -0.3 is 5.32 Å². The predicted octanol–water partition coefficient (Wildman–Crippen LogP) is 2.52. The number of aromatic nitrogens is 4. The van der Waals surface area contributed by atoms with E-state index in [1.165, 1.54) is 10.6 Å². The van der Waals surface area contributed by atoms with Crippen molar-refractivity contribution >= 4 is 22.4 Å². The van der Waals surface area contributed by atoms with E-state index in [1.807, 2.05) is 6.08 Å². The van der Waals surface area contributed by atoms with E-state index >= 15 is 0 Å². The number of allylic oxidation sites excluding steroid dienone is 4. The van der Waals surface area contributed by atoms with Gasteiger partial charge in [-0.2, -0.15) is 9.50 Å². The fourth-order valence-corrected chi connectivity index (χ4v) is 3.62. The highest BCUT2D eigenvalue weighted by Gasteiger charge is 2.15. The molecule has 2 N–H and O–H groups in total. The number of thioether (sulfide) groups is 1. The third-order valence-electron chi connectivity index (χ3n) is 3.88. The number of nitrogens with zero attached hydrogens (tertiary/aromatic N) is 3. The van der Waals surface area contributed by atoms with Crippen LogP contribution in [0.1, 0.15) is 30.8 Å². The van der Waals surface area contributed by atoms with Gasteiger partial charge in [0.2, 0.25) is 0 Å². The second-order valence-corrected chi connectivity index (χ2v) is 6.74. The van der Waals surface area contributed by atoms with Crippen molar-refractivity contribution in [2.75, 3.05) is 5.75 Å². The minimum Gasteiger partial charge on any atom is -0.377 e. The lowest BCUT2D eigenvalue weighted by Gasteiger charge is -2.12. The lowest BCUT2D eigenvalue weighted by Crippen LogP contribution is -2.20. The minimum atomic E-state index is -0.258. The van der Waals surface area contributed by atoms with E-state index in [1.54, 1.807) is 17.8 Å². The summed E-state index contributed by atoms with van der Waals surface area (Å²) in [4.78, 5) is 22.1. The predicted molar refractivity (Wildman–Crippen MR) is 92.0 cm³/mol. The lowest BCUT2D eigenvalue weighted by molar-refractivity contribution is 0.600. The first-order chi connectivity index (χ1) is 11.7. The van der Waals surface area contributed by atoms with E-state index in [0.717, 1.165) is 23.5 Å². The fraction of sp³-hybridized carbons (Fsp3) is 0.312. The van der Waals surface area contributed by atoms with Gasteiger partial charge in [-0.1, -0.05) is 12.2 Å². The molecule has 1 aliphatic carbocycles.